The number of amides is 1. The molecule has 1 aliphatic rings. The Morgan fingerprint density at radius 2 is 1.88 bits per heavy atom. The van der Waals surface area contributed by atoms with Crippen molar-refractivity contribution in [1.82, 2.24) is 4.57 Å². The predicted octanol–water partition coefficient (Wildman–Crippen LogP) is 4.06. The molecule has 0 fully saturated rings. The number of thiazole rings is 1. The lowest BCUT2D eigenvalue weighted by Gasteiger charge is -2.18. The highest BCUT2D eigenvalue weighted by atomic mass is 35.5. The summed E-state index contributed by atoms with van der Waals surface area (Å²) in [6, 6.07) is 8.54. The molecule has 1 aliphatic heterocycles. The van der Waals surface area contributed by atoms with Crippen LogP contribution in [0.5, 0.6) is 11.5 Å². The smallest absolute Gasteiger partial charge is 0.281 e. The van der Waals surface area contributed by atoms with E-state index in [0.717, 1.165) is 10.2 Å². The molecule has 1 aromatic heterocycles. The molecule has 25 heavy (non-hydrogen) atoms. The molecule has 2 heterocycles. The van der Waals surface area contributed by atoms with Crippen LogP contribution in [0.25, 0.3) is 10.2 Å². The van der Waals surface area contributed by atoms with Gasteiger partial charge in [-0.2, -0.15) is 4.99 Å². The third-order valence-corrected chi connectivity index (χ3v) is 5.49. The second-order valence-electron chi connectivity index (χ2n) is 5.45. The lowest BCUT2D eigenvalue weighted by molar-refractivity contribution is 0.0998. The second-order valence-corrected chi connectivity index (χ2v) is 7.30. The van der Waals surface area contributed by atoms with E-state index < -0.39 is 5.91 Å². The van der Waals surface area contributed by atoms with E-state index >= 15 is 0 Å². The maximum Gasteiger partial charge on any atom is 0.281 e. The van der Waals surface area contributed by atoms with Gasteiger partial charge in [0.1, 0.15) is 13.2 Å². The van der Waals surface area contributed by atoms with E-state index in [1.54, 1.807) is 12.1 Å². The molecule has 0 saturated heterocycles. The first-order valence-corrected chi connectivity index (χ1v) is 9.03. The van der Waals surface area contributed by atoms with Crippen molar-refractivity contribution in [2.75, 3.05) is 13.2 Å². The number of carbonyl (C=O) groups is 1. The predicted molar refractivity (Wildman–Crippen MR) is 98.1 cm³/mol. The zero-order chi connectivity index (χ0) is 17.6. The van der Waals surface area contributed by atoms with Gasteiger partial charge in [-0.1, -0.05) is 34.5 Å². The van der Waals surface area contributed by atoms with Gasteiger partial charge in [0.15, 0.2) is 16.3 Å². The van der Waals surface area contributed by atoms with E-state index in [2.05, 4.69) is 4.99 Å². The Morgan fingerprint density at radius 1 is 1.16 bits per heavy atom. The zero-order valence-electron chi connectivity index (χ0n) is 13.1. The molecule has 0 unspecified atom stereocenters. The van der Waals surface area contributed by atoms with Gasteiger partial charge in [-0.25, -0.2) is 0 Å². The number of hydrogen-bond donors (Lipinski definition) is 0. The highest BCUT2D eigenvalue weighted by Gasteiger charge is 2.16. The molecule has 0 atom stereocenters. The van der Waals surface area contributed by atoms with Gasteiger partial charge < -0.3 is 14.0 Å². The van der Waals surface area contributed by atoms with Crippen LogP contribution in [0.3, 0.4) is 0 Å². The Morgan fingerprint density at radius 3 is 2.64 bits per heavy atom. The van der Waals surface area contributed by atoms with Crippen molar-refractivity contribution in [2.45, 2.75) is 0 Å². The molecule has 1 amide bonds. The van der Waals surface area contributed by atoms with Gasteiger partial charge >= 0.3 is 0 Å². The Balaban J connectivity index is 1.83. The maximum atomic E-state index is 12.5. The molecule has 0 spiro atoms. The highest BCUT2D eigenvalue weighted by molar-refractivity contribution is 7.16. The van der Waals surface area contributed by atoms with Gasteiger partial charge in [-0.15, -0.1) is 0 Å². The summed E-state index contributed by atoms with van der Waals surface area (Å²) in [5, 5.41) is 0.754. The number of benzene rings is 2. The fourth-order valence-electron chi connectivity index (χ4n) is 2.58. The Kier molecular flexibility index (Phi) is 4.19. The van der Waals surface area contributed by atoms with E-state index in [0.29, 0.717) is 39.6 Å². The van der Waals surface area contributed by atoms with Crippen molar-refractivity contribution in [3.8, 4) is 11.5 Å². The molecule has 2 aromatic carbocycles. The normalized spacial score (nSPS) is 14.1. The first kappa shape index (κ1) is 16.4. The average Bonchev–Trinajstić information content (AvgIpc) is 2.90. The lowest BCUT2D eigenvalue weighted by Crippen LogP contribution is -2.15. The summed E-state index contributed by atoms with van der Waals surface area (Å²) >= 11 is 13.4. The van der Waals surface area contributed by atoms with Crippen molar-refractivity contribution in [3.63, 3.8) is 0 Å². The molecule has 0 aliphatic carbocycles. The van der Waals surface area contributed by atoms with Gasteiger partial charge in [0.05, 0.1) is 20.8 Å². The number of aryl methyl sites for hydroxylation is 1. The number of hydrogen-bond acceptors (Lipinski definition) is 4. The molecule has 3 aromatic rings. The summed E-state index contributed by atoms with van der Waals surface area (Å²) in [7, 11) is 1.85. The van der Waals surface area contributed by atoms with Crippen LogP contribution in [-0.2, 0) is 7.05 Å². The van der Waals surface area contributed by atoms with Crippen LogP contribution >= 0.6 is 34.5 Å². The number of rotatable bonds is 1. The van der Waals surface area contributed by atoms with Crippen LogP contribution in [0.15, 0.2) is 35.3 Å². The summed E-state index contributed by atoms with van der Waals surface area (Å²) in [6.45, 7) is 1.05. The number of aromatic nitrogens is 1. The summed E-state index contributed by atoms with van der Waals surface area (Å²) in [6.07, 6.45) is 0. The van der Waals surface area contributed by atoms with E-state index in [4.69, 9.17) is 32.7 Å². The minimum Gasteiger partial charge on any atom is -0.486 e. The molecule has 128 valence electrons. The van der Waals surface area contributed by atoms with Crippen LogP contribution in [0.1, 0.15) is 10.4 Å². The minimum absolute atomic E-state index is 0.276. The summed E-state index contributed by atoms with van der Waals surface area (Å²) in [5.41, 5.74) is 1.19. The van der Waals surface area contributed by atoms with Crippen LogP contribution in [0.2, 0.25) is 10.0 Å². The van der Waals surface area contributed by atoms with E-state index in [-0.39, 0.29) is 5.56 Å². The fraction of sp³-hybridized carbons (Fsp3) is 0.176. The van der Waals surface area contributed by atoms with Gasteiger partial charge in [0.25, 0.3) is 5.91 Å². The monoisotopic (exact) mass is 394 g/mol. The van der Waals surface area contributed by atoms with Crippen LogP contribution < -0.4 is 14.3 Å². The number of halogens is 2. The molecular weight excluding hydrogens is 383 g/mol. The molecule has 0 saturated carbocycles. The number of fused-ring (bicyclic) bond motifs is 2. The van der Waals surface area contributed by atoms with Gasteiger partial charge in [-0.05, 0) is 18.2 Å². The topological polar surface area (TPSA) is 52.8 Å². The van der Waals surface area contributed by atoms with Crippen LogP contribution in [0, 0.1) is 0 Å². The molecule has 0 radical (unpaired) electrons. The summed E-state index contributed by atoms with van der Waals surface area (Å²) in [4.78, 5) is 17.3. The molecule has 4 rings (SSSR count). The minimum atomic E-state index is -0.438. The van der Waals surface area contributed by atoms with E-state index in [1.165, 1.54) is 17.4 Å². The largest absolute Gasteiger partial charge is 0.486 e. The number of ether oxygens (including phenoxy) is 2. The van der Waals surface area contributed by atoms with Gasteiger partial charge in [-0.3, -0.25) is 4.79 Å². The molecular formula is C17H12Cl2N2O3S. The third-order valence-electron chi connectivity index (χ3n) is 3.83. The first-order chi connectivity index (χ1) is 12.0. The SMILES string of the molecule is Cn1c(=NC(=O)c2cc(Cl)ccc2Cl)sc2cc3c(cc21)OCCO3. The number of carbonyl (C=O) groups excluding carboxylic acids is 1. The van der Waals surface area contributed by atoms with Crippen LogP contribution in [-0.4, -0.2) is 23.7 Å². The fourth-order valence-corrected chi connectivity index (χ4v) is 3.98. The van der Waals surface area contributed by atoms with Crippen molar-refractivity contribution < 1.29 is 14.3 Å². The Labute approximate surface area is 157 Å². The lowest BCUT2D eigenvalue weighted by atomic mass is 10.2. The van der Waals surface area contributed by atoms with E-state index in [9.17, 15) is 4.79 Å². The summed E-state index contributed by atoms with van der Waals surface area (Å²) < 4.78 is 14.0. The van der Waals surface area contributed by atoms with Crippen molar-refractivity contribution in [3.05, 3.63) is 50.7 Å². The van der Waals surface area contributed by atoms with Crippen molar-refractivity contribution >= 4 is 50.7 Å². The van der Waals surface area contributed by atoms with E-state index in [1.807, 2.05) is 23.7 Å². The molecule has 5 nitrogen and oxygen atoms in total. The zero-order valence-corrected chi connectivity index (χ0v) is 15.4. The quantitative estimate of drug-likeness (QED) is 0.625. The van der Waals surface area contributed by atoms with Crippen molar-refractivity contribution in [1.29, 1.82) is 0 Å². The molecule has 8 heteroatoms. The summed E-state index contributed by atoms with van der Waals surface area (Å²) in [5.74, 6) is 0.964. The standard InChI is InChI=1S/C17H12Cl2N2O3S/c1-21-12-7-13-14(24-5-4-23-13)8-15(12)25-17(21)20-16(22)10-6-9(18)2-3-11(10)19/h2-3,6-8H,4-5H2,1H3. The molecule has 0 bridgehead atoms. The Hall–Kier alpha value is -2.02. The highest BCUT2D eigenvalue weighted by Crippen LogP contribution is 2.35. The third kappa shape index (κ3) is 3.01. The second kappa shape index (κ2) is 6.37. The number of nitrogens with zero attached hydrogens (tertiary/aromatic N) is 2. The maximum absolute atomic E-state index is 12.5. The first-order valence-electron chi connectivity index (χ1n) is 7.46. The molecule has 0 N–H and O–H groups in total. The van der Waals surface area contributed by atoms with Gasteiger partial charge in [0.2, 0.25) is 0 Å². The Bertz CT molecular complexity index is 1070. The van der Waals surface area contributed by atoms with Gasteiger partial charge in [0, 0.05) is 24.2 Å². The van der Waals surface area contributed by atoms with Crippen LogP contribution in [0.4, 0.5) is 0 Å². The average molecular weight is 395 g/mol. The van der Waals surface area contributed by atoms with Crippen molar-refractivity contribution in [2.24, 2.45) is 12.0 Å².